The summed E-state index contributed by atoms with van der Waals surface area (Å²) in [5, 5.41) is 15.3. The smallest absolute Gasteiger partial charge is 0.257 e. The Labute approximate surface area is 212 Å². The zero-order chi connectivity index (χ0) is 23.8. The van der Waals surface area contributed by atoms with Crippen LogP contribution in [0.3, 0.4) is 0 Å². The molecule has 0 radical (unpaired) electrons. The van der Waals surface area contributed by atoms with Gasteiger partial charge in [-0.05, 0) is 61.1 Å². The van der Waals surface area contributed by atoms with Crippen molar-refractivity contribution in [1.82, 2.24) is 4.98 Å². The molecule has 1 aliphatic rings. The zero-order valence-electron chi connectivity index (χ0n) is 18.5. The lowest BCUT2D eigenvalue weighted by Crippen LogP contribution is -2.13. The van der Waals surface area contributed by atoms with E-state index < -0.39 is 0 Å². The first-order valence-electron chi connectivity index (χ1n) is 11.2. The number of nitrogens with zero attached hydrogens (tertiary/aromatic N) is 2. The van der Waals surface area contributed by atoms with Crippen molar-refractivity contribution in [2.24, 2.45) is 5.92 Å². The van der Waals surface area contributed by atoms with Crippen LogP contribution in [0.15, 0.2) is 48.5 Å². The molecule has 1 unspecified atom stereocenters. The van der Waals surface area contributed by atoms with Crippen molar-refractivity contribution in [2.45, 2.75) is 32.6 Å². The molecule has 2 heterocycles. The number of rotatable bonds is 4. The minimum absolute atomic E-state index is 0.271. The summed E-state index contributed by atoms with van der Waals surface area (Å²) in [6, 6.07) is 16.8. The summed E-state index contributed by atoms with van der Waals surface area (Å²) in [6.45, 7) is 2.20. The number of para-hydroxylation sites is 1. The summed E-state index contributed by atoms with van der Waals surface area (Å²) in [4.78, 5) is 19.5. The number of pyridine rings is 1. The summed E-state index contributed by atoms with van der Waals surface area (Å²) in [5.41, 5.74) is 4.15. The van der Waals surface area contributed by atoms with Gasteiger partial charge in [-0.25, -0.2) is 4.98 Å². The Balaban J connectivity index is 1.57. The molecule has 1 aliphatic carbocycles. The molecule has 1 N–H and O–H groups in total. The van der Waals surface area contributed by atoms with Crippen LogP contribution in [0.2, 0.25) is 10.0 Å². The van der Waals surface area contributed by atoms with E-state index in [-0.39, 0.29) is 5.91 Å². The standard InChI is InChI=1S/C27H21Cl2N3OS/c1-2-15-7-9-18-21(14-30)27(34-25(18)11-15)32-26(33)20-13-24(19-10-8-16(28)12-22(19)29)31-23-6-4-3-5-17(20)23/h3-6,8,10,12-13,15H,2,7,9,11H2,1H3,(H,32,33). The predicted octanol–water partition coefficient (Wildman–Crippen LogP) is 7.91. The molecular formula is C27H21Cl2N3OS. The van der Waals surface area contributed by atoms with E-state index in [1.165, 1.54) is 16.2 Å². The van der Waals surface area contributed by atoms with E-state index in [1.807, 2.05) is 24.3 Å². The van der Waals surface area contributed by atoms with E-state index in [0.29, 0.717) is 48.9 Å². The molecule has 5 rings (SSSR count). The molecule has 0 saturated carbocycles. The van der Waals surface area contributed by atoms with Gasteiger partial charge in [0.05, 0.1) is 27.4 Å². The lowest BCUT2D eigenvalue weighted by Gasteiger charge is -2.20. The van der Waals surface area contributed by atoms with E-state index in [2.05, 4.69) is 18.3 Å². The van der Waals surface area contributed by atoms with Crippen LogP contribution in [-0.2, 0) is 12.8 Å². The molecule has 7 heteroatoms. The van der Waals surface area contributed by atoms with Crippen molar-refractivity contribution in [1.29, 1.82) is 5.26 Å². The van der Waals surface area contributed by atoms with Gasteiger partial charge in [0, 0.05) is 20.8 Å². The summed E-state index contributed by atoms with van der Waals surface area (Å²) in [6.07, 6.45) is 4.07. The Morgan fingerprint density at radius 3 is 2.82 bits per heavy atom. The molecule has 34 heavy (non-hydrogen) atoms. The molecule has 0 aliphatic heterocycles. The average Bonchev–Trinajstić information content (AvgIpc) is 3.19. The van der Waals surface area contributed by atoms with Crippen molar-refractivity contribution < 1.29 is 4.79 Å². The monoisotopic (exact) mass is 505 g/mol. The molecule has 4 nitrogen and oxygen atoms in total. The van der Waals surface area contributed by atoms with Gasteiger partial charge in [-0.2, -0.15) is 5.26 Å². The number of carbonyl (C=O) groups is 1. The molecular weight excluding hydrogens is 485 g/mol. The number of carbonyl (C=O) groups excluding carboxylic acids is 1. The fourth-order valence-electron chi connectivity index (χ4n) is 4.58. The Morgan fingerprint density at radius 2 is 2.06 bits per heavy atom. The summed E-state index contributed by atoms with van der Waals surface area (Å²) < 4.78 is 0. The molecule has 2 aromatic heterocycles. The third-order valence-corrected chi connectivity index (χ3v) is 8.17. The maximum Gasteiger partial charge on any atom is 0.257 e. The maximum atomic E-state index is 13.6. The number of amides is 1. The van der Waals surface area contributed by atoms with Crippen molar-refractivity contribution in [3.8, 4) is 17.3 Å². The molecule has 170 valence electrons. The number of fused-ring (bicyclic) bond motifs is 2. The first-order chi connectivity index (χ1) is 16.5. The summed E-state index contributed by atoms with van der Waals surface area (Å²) >= 11 is 14.0. The van der Waals surface area contributed by atoms with Gasteiger partial charge in [0.25, 0.3) is 5.91 Å². The van der Waals surface area contributed by atoms with E-state index in [1.54, 1.807) is 24.3 Å². The first kappa shape index (κ1) is 22.9. The Hall–Kier alpha value is -2.91. The zero-order valence-corrected chi connectivity index (χ0v) is 20.8. The van der Waals surface area contributed by atoms with Gasteiger partial charge in [0.2, 0.25) is 0 Å². The summed E-state index contributed by atoms with van der Waals surface area (Å²) in [7, 11) is 0. The number of thiophene rings is 1. The second-order valence-corrected chi connectivity index (χ2v) is 10.4. The fraction of sp³-hybridized carbons (Fsp3) is 0.222. The highest BCUT2D eigenvalue weighted by molar-refractivity contribution is 7.16. The maximum absolute atomic E-state index is 13.6. The largest absolute Gasteiger partial charge is 0.312 e. The molecule has 0 fully saturated rings. The topological polar surface area (TPSA) is 65.8 Å². The molecule has 0 saturated heterocycles. The van der Waals surface area contributed by atoms with Gasteiger partial charge >= 0.3 is 0 Å². The third kappa shape index (κ3) is 4.18. The minimum Gasteiger partial charge on any atom is -0.312 e. The van der Waals surface area contributed by atoms with Crippen molar-refractivity contribution >= 4 is 56.3 Å². The van der Waals surface area contributed by atoms with Gasteiger partial charge < -0.3 is 5.32 Å². The van der Waals surface area contributed by atoms with Crippen LogP contribution < -0.4 is 5.32 Å². The van der Waals surface area contributed by atoms with E-state index in [9.17, 15) is 10.1 Å². The van der Waals surface area contributed by atoms with Crippen molar-refractivity contribution in [3.63, 3.8) is 0 Å². The van der Waals surface area contributed by atoms with Crippen molar-refractivity contribution in [3.05, 3.63) is 80.1 Å². The number of halogens is 2. The lowest BCUT2D eigenvalue weighted by molar-refractivity contribution is 0.102. The number of anilines is 1. The first-order valence-corrected chi connectivity index (χ1v) is 12.8. The molecule has 1 atom stereocenters. The molecule has 2 aromatic carbocycles. The van der Waals surface area contributed by atoms with Gasteiger partial charge in [-0.15, -0.1) is 11.3 Å². The SMILES string of the molecule is CCC1CCc2c(sc(NC(=O)c3cc(-c4ccc(Cl)cc4Cl)nc4ccccc34)c2C#N)C1. The van der Waals surface area contributed by atoms with Crippen LogP contribution >= 0.6 is 34.5 Å². The van der Waals surface area contributed by atoms with Gasteiger partial charge in [0.15, 0.2) is 0 Å². The fourth-order valence-corrected chi connectivity index (χ4v) is 6.39. The summed E-state index contributed by atoms with van der Waals surface area (Å²) in [5.74, 6) is 0.365. The van der Waals surface area contributed by atoms with Gasteiger partial charge in [0.1, 0.15) is 11.1 Å². The number of benzene rings is 2. The normalized spacial score (nSPS) is 15.1. The van der Waals surface area contributed by atoms with Crippen LogP contribution in [0.4, 0.5) is 5.00 Å². The van der Waals surface area contributed by atoms with E-state index >= 15 is 0 Å². The van der Waals surface area contributed by atoms with Gasteiger partial charge in [-0.1, -0.05) is 54.7 Å². The number of aromatic nitrogens is 1. The van der Waals surface area contributed by atoms with Gasteiger partial charge in [-0.3, -0.25) is 4.79 Å². The molecule has 0 spiro atoms. The number of hydrogen-bond acceptors (Lipinski definition) is 4. The molecule has 0 bridgehead atoms. The van der Waals surface area contributed by atoms with Crippen molar-refractivity contribution in [2.75, 3.05) is 5.32 Å². The Kier molecular flexibility index (Phi) is 6.31. The highest BCUT2D eigenvalue weighted by atomic mass is 35.5. The lowest BCUT2D eigenvalue weighted by atomic mass is 9.86. The molecule has 1 amide bonds. The third-order valence-electron chi connectivity index (χ3n) is 6.45. The number of nitriles is 1. The Morgan fingerprint density at radius 1 is 1.24 bits per heavy atom. The van der Waals surface area contributed by atoms with Crippen LogP contribution in [0.25, 0.3) is 22.2 Å². The van der Waals surface area contributed by atoms with Crippen LogP contribution in [0.1, 0.15) is 46.1 Å². The highest BCUT2D eigenvalue weighted by Crippen LogP contribution is 2.40. The quantitative estimate of drug-likeness (QED) is 0.306. The Bertz CT molecular complexity index is 1470. The second kappa shape index (κ2) is 9.38. The minimum atomic E-state index is -0.271. The number of nitrogens with one attached hydrogen (secondary N) is 1. The van der Waals surface area contributed by atoms with Crippen LogP contribution in [-0.4, -0.2) is 10.9 Å². The van der Waals surface area contributed by atoms with Crippen LogP contribution in [0, 0.1) is 17.2 Å². The predicted molar refractivity (Wildman–Crippen MR) is 140 cm³/mol. The average molecular weight is 506 g/mol. The molecule has 4 aromatic rings. The van der Waals surface area contributed by atoms with Crippen LogP contribution in [0.5, 0.6) is 0 Å². The second-order valence-electron chi connectivity index (χ2n) is 8.49. The highest BCUT2D eigenvalue weighted by Gasteiger charge is 2.26. The number of hydrogen-bond donors (Lipinski definition) is 1. The van der Waals surface area contributed by atoms with E-state index in [0.717, 1.165) is 36.6 Å². The van der Waals surface area contributed by atoms with E-state index in [4.69, 9.17) is 28.2 Å².